The van der Waals surface area contributed by atoms with Crippen LogP contribution in [-0.2, 0) is 13.5 Å². The molecule has 44 heavy (non-hydrogen) atoms. The predicted octanol–water partition coefficient (Wildman–Crippen LogP) is 3.04. The molecule has 0 radical (unpaired) electrons. The van der Waals surface area contributed by atoms with Gasteiger partial charge in [-0.15, -0.1) is 0 Å². The highest BCUT2D eigenvalue weighted by molar-refractivity contribution is 6.24. The molecule has 0 spiro atoms. The number of aromatic nitrogens is 4. The van der Waals surface area contributed by atoms with Crippen molar-refractivity contribution >= 4 is 23.5 Å². The number of amides is 2. The number of imide groups is 1. The monoisotopic (exact) mass is 606 g/mol. The number of nitrogens with zero attached hydrogens (tertiary/aromatic N) is 5. The molecule has 1 saturated carbocycles. The molecule has 2 aromatic heterocycles. The Kier molecular flexibility index (Phi) is 8.87. The van der Waals surface area contributed by atoms with Gasteiger partial charge in [-0.25, -0.2) is 14.4 Å². The largest absolute Gasteiger partial charge is 0.384 e. The first-order chi connectivity index (χ1) is 21.3. The second-order valence-electron chi connectivity index (χ2n) is 11.9. The molecule has 1 aromatic carbocycles. The van der Waals surface area contributed by atoms with E-state index in [1.807, 2.05) is 11.7 Å². The lowest BCUT2D eigenvalue weighted by molar-refractivity contribution is -0.0413. The maximum absolute atomic E-state index is 14.7. The molecule has 5 N–H and O–H groups in total. The number of hydrogen-bond donors (Lipinski definition) is 5. The molecule has 2 fully saturated rings. The van der Waals surface area contributed by atoms with Crippen molar-refractivity contribution in [3.63, 3.8) is 0 Å². The van der Waals surface area contributed by atoms with Crippen LogP contribution in [0.15, 0.2) is 30.6 Å². The first kappa shape index (κ1) is 30.1. The number of benzene rings is 1. The average Bonchev–Trinajstić information content (AvgIpc) is 3.71. The first-order valence-corrected chi connectivity index (χ1v) is 15.5. The molecule has 13 heteroatoms. The van der Waals surface area contributed by atoms with Gasteiger partial charge in [0.15, 0.2) is 5.82 Å². The van der Waals surface area contributed by atoms with Crippen molar-refractivity contribution in [3.05, 3.63) is 53.2 Å². The number of piperidine rings is 1. The molecule has 234 valence electrons. The van der Waals surface area contributed by atoms with Crippen LogP contribution in [0, 0.1) is 11.7 Å². The van der Waals surface area contributed by atoms with Crippen LogP contribution < -0.4 is 16.0 Å². The summed E-state index contributed by atoms with van der Waals surface area (Å²) in [5.41, 5.74) is 3.24. The Morgan fingerprint density at radius 3 is 2.50 bits per heavy atom. The highest BCUT2D eigenvalue weighted by atomic mass is 19.1. The van der Waals surface area contributed by atoms with Crippen LogP contribution in [0.2, 0.25) is 0 Å². The lowest BCUT2D eigenvalue weighted by Gasteiger charge is -2.36. The molecule has 6 rings (SSSR count). The Bertz CT molecular complexity index is 1530. The highest BCUT2D eigenvalue weighted by Gasteiger charge is 2.45. The van der Waals surface area contributed by atoms with E-state index in [0.29, 0.717) is 54.6 Å². The fraction of sp³-hybridized carbons (Fsp3) is 0.516. The van der Waals surface area contributed by atoms with Crippen LogP contribution in [-0.4, -0.2) is 78.3 Å². The van der Waals surface area contributed by atoms with Gasteiger partial charge in [0.25, 0.3) is 11.8 Å². The van der Waals surface area contributed by atoms with E-state index < -0.39 is 36.1 Å². The quantitative estimate of drug-likeness (QED) is 0.145. The predicted molar refractivity (Wildman–Crippen MR) is 161 cm³/mol. The van der Waals surface area contributed by atoms with Gasteiger partial charge in [-0.1, -0.05) is 18.9 Å². The number of aryl methyl sites for hydroxylation is 1. The topological polar surface area (TPSA) is 158 Å². The minimum atomic E-state index is -1.19. The van der Waals surface area contributed by atoms with Gasteiger partial charge in [-0.2, -0.15) is 5.10 Å². The first-order valence-electron chi connectivity index (χ1n) is 15.5. The summed E-state index contributed by atoms with van der Waals surface area (Å²) in [6.45, 7) is 1.28. The molecule has 12 nitrogen and oxygen atoms in total. The molecule has 3 unspecified atom stereocenters. The Morgan fingerprint density at radius 2 is 1.75 bits per heavy atom. The highest BCUT2D eigenvalue weighted by Crippen LogP contribution is 2.36. The number of halogens is 1. The van der Waals surface area contributed by atoms with Gasteiger partial charge in [0.05, 0.1) is 29.6 Å². The molecule has 4 heterocycles. The minimum Gasteiger partial charge on any atom is -0.384 e. The van der Waals surface area contributed by atoms with Crippen LogP contribution in [0.1, 0.15) is 77.8 Å². The van der Waals surface area contributed by atoms with Gasteiger partial charge in [0, 0.05) is 37.1 Å². The molecule has 3 aliphatic rings. The standard InChI is InChI=1S/C31H39FN8O4/c1-39-24(15-18-9-10-18)20(16-36-39)27-21(32)17-35-31(38-27)34-14-5-3-2-4-13-33-22-8-6-7-19-26(22)30(44)40(29(19)43)23-11-12-25(41)37-28(23)42/h6-8,16-18,23,25,28,33,37,41-42H,2-5,9-15H2,1H3,(H,34,35,38). The summed E-state index contributed by atoms with van der Waals surface area (Å²) < 4.78 is 16.5. The van der Waals surface area contributed by atoms with E-state index in [4.69, 9.17) is 0 Å². The molecule has 2 amide bonds. The molecular weight excluding hydrogens is 567 g/mol. The maximum atomic E-state index is 14.7. The van der Waals surface area contributed by atoms with Crippen molar-refractivity contribution in [1.82, 2.24) is 30.0 Å². The number of rotatable bonds is 13. The number of anilines is 2. The van der Waals surface area contributed by atoms with Crippen molar-refractivity contribution in [3.8, 4) is 11.3 Å². The SMILES string of the molecule is Cn1ncc(-c2nc(NCCCCCCNc3cccc4c3C(=O)N(C3CCC(O)NC3O)C4=O)ncc2F)c1CC1CC1. The van der Waals surface area contributed by atoms with Crippen molar-refractivity contribution in [2.75, 3.05) is 23.7 Å². The van der Waals surface area contributed by atoms with Crippen LogP contribution >= 0.6 is 0 Å². The third-order valence-electron chi connectivity index (χ3n) is 8.68. The molecule has 3 atom stereocenters. The Labute approximate surface area is 255 Å². The van der Waals surface area contributed by atoms with Crippen LogP contribution in [0.25, 0.3) is 11.3 Å². The third kappa shape index (κ3) is 6.30. The lowest BCUT2D eigenvalue weighted by atomic mass is 10.0. The van der Waals surface area contributed by atoms with E-state index in [2.05, 4.69) is 31.0 Å². The zero-order valence-electron chi connectivity index (χ0n) is 24.8. The molecule has 0 bridgehead atoms. The van der Waals surface area contributed by atoms with Crippen molar-refractivity contribution < 1.29 is 24.2 Å². The Morgan fingerprint density at radius 1 is 0.977 bits per heavy atom. The van der Waals surface area contributed by atoms with E-state index in [0.717, 1.165) is 48.3 Å². The van der Waals surface area contributed by atoms with E-state index in [1.165, 1.54) is 19.0 Å². The molecule has 1 aliphatic carbocycles. The van der Waals surface area contributed by atoms with E-state index >= 15 is 0 Å². The van der Waals surface area contributed by atoms with Crippen LogP contribution in [0.5, 0.6) is 0 Å². The van der Waals surface area contributed by atoms with E-state index in [-0.39, 0.29) is 5.69 Å². The van der Waals surface area contributed by atoms with Crippen molar-refractivity contribution in [2.24, 2.45) is 13.0 Å². The summed E-state index contributed by atoms with van der Waals surface area (Å²) in [4.78, 5) is 36.0. The van der Waals surface area contributed by atoms with Gasteiger partial charge < -0.3 is 20.8 Å². The summed E-state index contributed by atoms with van der Waals surface area (Å²) in [5.74, 6) is -0.291. The van der Waals surface area contributed by atoms with Crippen molar-refractivity contribution in [1.29, 1.82) is 0 Å². The second-order valence-corrected chi connectivity index (χ2v) is 11.9. The summed E-state index contributed by atoms with van der Waals surface area (Å²) >= 11 is 0. The zero-order valence-corrected chi connectivity index (χ0v) is 24.8. The number of aliphatic hydroxyl groups excluding tert-OH is 2. The molecule has 1 saturated heterocycles. The molecule has 2 aliphatic heterocycles. The van der Waals surface area contributed by atoms with Gasteiger partial charge in [0.2, 0.25) is 5.95 Å². The number of fused-ring (bicyclic) bond motifs is 1. The molecular formula is C31H39FN8O4. The number of hydrogen-bond acceptors (Lipinski definition) is 10. The summed E-state index contributed by atoms with van der Waals surface area (Å²) in [6.07, 6.45) is 8.40. The molecule has 3 aromatic rings. The van der Waals surface area contributed by atoms with Crippen LogP contribution in [0.4, 0.5) is 16.0 Å². The number of carbonyl (C=O) groups excluding carboxylic acids is 2. The fourth-order valence-corrected chi connectivity index (χ4v) is 6.07. The van der Waals surface area contributed by atoms with E-state index in [1.54, 1.807) is 24.4 Å². The van der Waals surface area contributed by atoms with E-state index in [9.17, 15) is 24.2 Å². The number of aliphatic hydroxyl groups is 2. The smallest absolute Gasteiger partial charge is 0.264 e. The van der Waals surface area contributed by atoms with Gasteiger partial charge in [0.1, 0.15) is 18.1 Å². The van der Waals surface area contributed by atoms with Gasteiger partial charge in [-0.3, -0.25) is 24.5 Å². The van der Waals surface area contributed by atoms with Gasteiger partial charge in [-0.05, 0) is 63.0 Å². The normalized spacial score (nSPS) is 21.5. The van der Waals surface area contributed by atoms with Gasteiger partial charge >= 0.3 is 0 Å². The second kappa shape index (κ2) is 13.0. The average molecular weight is 607 g/mol. The number of carbonyl (C=O) groups is 2. The van der Waals surface area contributed by atoms with Crippen LogP contribution in [0.3, 0.4) is 0 Å². The lowest BCUT2D eigenvalue weighted by Crippen LogP contribution is -2.58. The Hall–Kier alpha value is -3.94. The number of unbranched alkanes of at least 4 members (excludes halogenated alkanes) is 3. The summed E-state index contributed by atoms with van der Waals surface area (Å²) in [7, 11) is 1.88. The number of nitrogens with one attached hydrogen (secondary N) is 3. The maximum Gasteiger partial charge on any atom is 0.264 e. The Balaban J connectivity index is 0.956. The minimum absolute atomic E-state index is 0.276. The summed E-state index contributed by atoms with van der Waals surface area (Å²) in [5, 5.41) is 33.5. The van der Waals surface area contributed by atoms with Crippen molar-refractivity contribution in [2.45, 2.75) is 76.3 Å². The fourth-order valence-electron chi connectivity index (χ4n) is 6.07. The summed E-state index contributed by atoms with van der Waals surface area (Å²) in [6, 6.07) is 4.42. The third-order valence-corrected chi connectivity index (χ3v) is 8.68. The zero-order chi connectivity index (χ0) is 30.8.